The molecule has 2 N–H and O–H groups in total. The van der Waals surface area contributed by atoms with Crippen LogP contribution in [0.3, 0.4) is 0 Å². The van der Waals surface area contributed by atoms with E-state index in [0.29, 0.717) is 17.9 Å². The minimum atomic E-state index is -0.405. The number of hydrogen-bond donors (Lipinski definition) is 2. The van der Waals surface area contributed by atoms with Gasteiger partial charge in [-0.2, -0.15) is 0 Å². The summed E-state index contributed by atoms with van der Waals surface area (Å²) in [5, 5.41) is 22.3. The molecule has 0 radical (unpaired) electrons. The van der Waals surface area contributed by atoms with Crippen LogP contribution < -0.4 is 4.74 Å². The van der Waals surface area contributed by atoms with Crippen LogP contribution in [0, 0.1) is 0 Å². The van der Waals surface area contributed by atoms with Gasteiger partial charge in [0.1, 0.15) is 11.9 Å². The van der Waals surface area contributed by atoms with Gasteiger partial charge in [0, 0.05) is 5.56 Å². The first-order chi connectivity index (χ1) is 9.26. The Kier molecular flexibility index (Phi) is 4.80. The van der Waals surface area contributed by atoms with Crippen LogP contribution in [0.2, 0.25) is 0 Å². The lowest BCUT2D eigenvalue weighted by Crippen LogP contribution is -2.35. The number of hydrogen-bond acceptors (Lipinski definition) is 4. The Hall–Kier alpha value is -1.55. The first-order valence-electron chi connectivity index (χ1n) is 6.91. The van der Waals surface area contributed by atoms with Crippen molar-refractivity contribution in [1.82, 2.24) is 0 Å². The number of aliphatic hydroxyl groups is 1. The molecule has 4 nitrogen and oxygen atoms in total. The van der Waals surface area contributed by atoms with Gasteiger partial charge in [0.2, 0.25) is 0 Å². The van der Waals surface area contributed by atoms with E-state index in [1.165, 1.54) is 0 Å². The Morgan fingerprint density at radius 3 is 2.74 bits per heavy atom. The summed E-state index contributed by atoms with van der Waals surface area (Å²) >= 11 is 0. The summed E-state index contributed by atoms with van der Waals surface area (Å²) < 4.78 is 5.94. The van der Waals surface area contributed by atoms with Gasteiger partial charge in [-0.25, -0.2) is 0 Å². The van der Waals surface area contributed by atoms with Gasteiger partial charge in [-0.3, -0.25) is 0 Å². The summed E-state index contributed by atoms with van der Waals surface area (Å²) in [5.74, 6) is 0.683. The van der Waals surface area contributed by atoms with Crippen LogP contribution in [-0.4, -0.2) is 28.2 Å². The van der Waals surface area contributed by atoms with Crippen LogP contribution >= 0.6 is 0 Å². The summed E-state index contributed by atoms with van der Waals surface area (Å²) in [5.41, 5.74) is 1.39. The van der Waals surface area contributed by atoms with Crippen molar-refractivity contribution in [2.75, 3.05) is 0 Å². The molecule has 1 saturated carbocycles. The van der Waals surface area contributed by atoms with Gasteiger partial charge in [0.25, 0.3) is 0 Å². The Balaban J connectivity index is 2.20. The summed E-state index contributed by atoms with van der Waals surface area (Å²) in [4.78, 5) is 0. The van der Waals surface area contributed by atoms with Crippen LogP contribution in [0.5, 0.6) is 5.75 Å². The van der Waals surface area contributed by atoms with Gasteiger partial charge in [-0.05, 0) is 37.8 Å². The molecule has 2 rings (SSSR count). The largest absolute Gasteiger partial charge is 0.487 e. The topological polar surface area (TPSA) is 62.1 Å². The second-order valence-electron chi connectivity index (χ2n) is 4.90. The second kappa shape index (κ2) is 6.57. The SMILES string of the molecule is CC/C(=N\O)c1ccccc1OC1CCCCC1O. The number of aliphatic hydroxyl groups excluding tert-OH is 1. The lowest BCUT2D eigenvalue weighted by Gasteiger charge is -2.29. The Labute approximate surface area is 113 Å². The van der Waals surface area contributed by atoms with Crippen LogP contribution in [0.4, 0.5) is 0 Å². The number of benzene rings is 1. The zero-order valence-electron chi connectivity index (χ0n) is 11.2. The molecule has 0 bridgehead atoms. The van der Waals surface area contributed by atoms with Crippen LogP contribution in [-0.2, 0) is 0 Å². The Morgan fingerprint density at radius 1 is 1.32 bits per heavy atom. The molecule has 104 valence electrons. The predicted molar refractivity (Wildman–Crippen MR) is 73.9 cm³/mol. The lowest BCUT2D eigenvalue weighted by atomic mass is 9.94. The summed E-state index contributed by atoms with van der Waals surface area (Å²) in [7, 11) is 0. The van der Waals surface area contributed by atoms with E-state index < -0.39 is 6.10 Å². The lowest BCUT2D eigenvalue weighted by molar-refractivity contribution is 0.00677. The predicted octanol–water partition coefficient (Wildman–Crippen LogP) is 2.96. The summed E-state index contributed by atoms with van der Waals surface area (Å²) in [6.07, 6.45) is 3.86. The zero-order chi connectivity index (χ0) is 13.7. The molecule has 0 heterocycles. The molecule has 1 aromatic rings. The van der Waals surface area contributed by atoms with E-state index in [0.717, 1.165) is 31.2 Å². The molecular weight excluding hydrogens is 242 g/mol. The smallest absolute Gasteiger partial charge is 0.129 e. The van der Waals surface area contributed by atoms with Crippen molar-refractivity contribution in [3.63, 3.8) is 0 Å². The standard InChI is InChI=1S/C15H21NO3/c1-2-12(16-18)11-7-3-5-9-14(11)19-15-10-6-4-8-13(15)17/h3,5,7,9,13,15,17-18H,2,4,6,8,10H2,1H3/b16-12+. The highest BCUT2D eigenvalue weighted by molar-refractivity contribution is 6.02. The van der Waals surface area contributed by atoms with Gasteiger partial charge in [-0.1, -0.05) is 30.6 Å². The fraction of sp³-hybridized carbons (Fsp3) is 0.533. The fourth-order valence-electron chi connectivity index (χ4n) is 2.50. The third kappa shape index (κ3) is 3.26. The van der Waals surface area contributed by atoms with E-state index in [1.807, 2.05) is 31.2 Å². The highest BCUT2D eigenvalue weighted by Gasteiger charge is 2.25. The molecule has 2 atom stereocenters. The third-order valence-electron chi connectivity index (χ3n) is 3.60. The third-order valence-corrected chi connectivity index (χ3v) is 3.60. The van der Waals surface area contributed by atoms with Crippen LogP contribution in [0.15, 0.2) is 29.4 Å². The van der Waals surface area contributed by atoms with Crippen molar-refractivity contribution in [3.8, 4) is 5.75 Å². The van der Waals surface area contributed by atoms with Gasteiger partial charge in [0.05, 0.1) is 11.8 Å². The van der Waals surface area contributed by atoms with E-state index in [9.17, 15) is 5.11 Å². The van der Waals surface area contributed by atoms with Crippen molar-refractivity contribution < 1.29 is 15.1 Å². The number of nitrogens with zero attached hydrogens (tertiary/aromatic N) is 1. The molecule has 1 aromatic carbocycles. The van der Waals surface area contributed by atoms with Gasteiger partial charge in [0.15, 0.2) is 0 Å². The quantitative estimate of drug-likeness (QED) is 0.499. The van der Waals surface area contributed by atoms with Crippen molar-refractivity contribution in [1.29, 1.82) is 0 Å². The maximum absolute atomic E-state index is 9.97. The highest BCUT2D eigenvalue weighted by Crippen LogP contribution is 2.27. The molecule has 1 fully saturated rings. The molecule has 0 aliphatic heterocycles. The molecule has 1 aliphatic carbocycles. The van der Waals surface area contributed by atoms with E-state index in [2.05, 4.69) is 5.16 Å². The van der Waals surface area contributed by atoms with Gasteiger partial charge >= 0.3 is 0 Å². The van der Waals surface area contributed by atoms with Gasteiger partial charge in [-0.15, -0.1) is 0 Å². The maximum atomic E-state index is 9.97. The second-order valence-corrected chi connectivity index (χ2v) is 4.90. The van der Waals surface area contributed by atoms with E-state index >= 15 is 0 Å². The van der Waals surface area contributed by atoms with Gasteiger partial charge < -0.3 is 15.1 Å². The summed E-state index contributed by atoms with van der Waals surface area (Å²) in [6, 6.07) is 7.51. The van der Waals surface area contributed by atoms with Crippen LogP contribution in [0.1, 0.15) is 44.6 Å². The normalized spacial score (nSPS) is 24.2. The number of para-hydroxylation sites is 1. The van der Waals surface area contributed by atoms with E-state index in [-0.39, 0.29) is 6.10 Å². The molecular formula is C15H21NO3. The Morgan fingerprint density at radius 2 is 2.05 bits per heavy atom. The minimum Gasteiger partial charge on any atom is -0.487 e. The number of rotatable bonds is 4. The average molecular weight is 263 g/mol. The van der Waals surface area contributed by atoms with E-state index in [1.54, 1.807) is 0 Å². The van der Waals surface area contributed by atoms with Crippen molar-refractivity contribution in [2.24, 2.45) is 5.16 Å². The molecule has 1 aliphatic rings. The van der Waals surface area contributed by atoms with Crippen LogP contribution in [0.25, 0.3) is 0 Å². The molecule has 4 heteroatoms. The molecule has 0 spiro atoms. The Bertz CT molecular complexity index is 445. The molecule has 0 amide bonds. The summed E-state index contributed by atoms with van der Waals surface area (Å²) in [6.45, 7) is 1.93. The molecule has 0 saturated heterocycles. The zero-order valence-corrected chi connectivity index (χ0v) is 11.2. The molecule has 2 unspecified atom stereocenters. The monoisotopic (exact) mass is 263 g/mol. The maximum Gasteiger partial charge on any atom is 0.129 e. The van der Waals surface area contributed by atoms with Crippen molar-refractivity contribution >= 4 is 5.71 Å². The van der Waals surface area contributed by atoms with Crippen molar-refractivity contribution in [2.45, 2.75) is 51.2 Å². The fourth-order valence-corrected chi connectivity index (χ4v) is 2.50. The number of oxime groups is 1. The van der Waals surface area contributed by atoms with Crippen molar-refractivity contribution in [3.05, 3.63) is 29.8 Å². The highest BCUT2D eigenvalue weighted by atomic mass is 16.5. The molecule has 19 heavy (non-hydrogen) atoms. The first kappa shape index (κ1) is 13.9. The number of ether oxygens (including phenoxy) is 1. The van der Waals surface area contributed by atoms with E-state index in [4.69, 9.17) is 9.94 Å². The molecule has 0 aromatic heterocycles. The first-order valence-corrected chi connectivity index (χ1v) is 6.91. The minimum absolute atomic E-state index is 0.160. The average Bonchev–Trinajstić information content (AvgIpc) is 2.44.